The quantitative estimate of drug-likeness (QED) is 0.743. The van der Waals surface area contributed by atoms with Crippen molar-refractivity contribution in [2.24, 2.45) is 5.73 Å². The van der Waals surface area contributed by atoms with E-state index in [9.17, 15) is 4.79 Å². The summed E-state index contributed by atoms with van der Waals surface area (Å²) >= 11 is 0. The molecule has 2 N–H and O–H groups in total. The zero-order valence-corrected chi connectivity index (χ0v) is 11.9. The summed E-state index contributed by atoms with van der Waals surface area (Å²) in [4.78, 5) is 16.3. The van der Waals surface area contributed by atoms with Gasteiger partial charge in [0.2, 0.25) is 5.91 Å². The summed E-state index contributed by atoms with van der Waals surface area (Å²) in [7, 11) is 0. The third-order valence-corrected chi connectivity index (χ3v) is 3.59. The highest BCUT2D eigenvalue weighted by Crippen LogP contribution is 2.12. The van der Waals surface area contributed by atoms with Crippen LogP contribution in [0.4, 0.5) is 0 Å². The van der Waals surface area contributed by atoms with Crippen LogP contribution < -0.4 is 5.73 Å². The molecular weight excluding hydrogens is 230 g/mol. The summed E-state index contributed by atoms with van der Waals surface area (Å²) in [6.45, 7) is 10.6. The first-order chi connectivity index (χ1) is 8.62. The van der Waals surface area contributed by atoms with Crippen molar-refractivity contribution in [3.05, 3.63) is 0 Å². The molecule has 1 aliphatic rings. The average Bonchev–Trinajstić information content (AvgIpc) is 2.37. The van der Waals surface area contributed by atoms with E-state index in [0.29, 0.717) is 13.0 Å². The number of carbonyl (C=O) groups excluding carboxylic acids is 1. The van der Waals surface area contributed by atoms with Crippen LogP contribution in [-0.2, 0) is 9.53 Å². The maximum absolute atomic E-state index is 12.1. The van der Waals surface area contributed by atoms with E-state index in [1.54, 1.807) is 0 Å². The van der Waals surface area contributed by atoms with Crippen LogP contribution in [-0.4, -0.2) is 67.2 Å². The van der Waals surface area contributed by atoms with Crippen molar-refractivity contribution in [3.63, 3.8) is 0 Å². The number of morpholine rings is 1. The fourth-order valence-electron chi connectivity index (χ4n) is 2.45. The third-order valence-electron chi connectivity index (χ3n) is 3.59. The molecular formula is C13H27N3O2. The molecule has 5 nitrogen and oxygen atoms in total. The maximum atomic E-state index is 12.1. The molecule has 2 unspecified atom stereocenters. The summed E-state index contributed by atoms with van der Waals surface area (Å²) in [5.74, 6) is 0.203. The molecule has 0 aliphatic carbocycles. The lowest BCUT2D eigenvalue weighted by atomic mass is 10.1. The minimum absolute atomic E-state index is 0.143. The van der Waals surface area contributed by atoms with Crippen molar-refractivity contribution >= 4 is 5.91 Å². The Morgan fingerprint density at radius 2 is 2.17 bits per heavy atom. The van der Waals surface area contributed by atoms with Crippen molar-refractivity contribution in [1.29, 1.82) is 0 Å². The largest absolute Gasteiger partial charge is 0.376 e. The molecule has 1 rings (SSSR count). The Morgan fingerprint density at radius 3 is 2.67 bits per heavy atom. The van der Waals surface area contributed by atoms with Gasteiger partial charge in [-0.25, -0.2) is 0 Å². The Morgan fingerprint density at radius 1 is 1.50 bits per heavy atom. The van der Waals surface area contributed by atoms with E-state index < -0.39 is 0 Å². The highest BCUT2D eigenvalue weighted by Gasteiger charge is 2.26. The first kappa shape index (κ1) is 15.4. The molecule has 0 aromatic rings. The fraction of sp³-hybridized carbons (Fsp3) is 0.923. The molecule has 106 valence electrons. The second kappa shape index (κ2) is 7.71. The SMILES string of the molecule is CCN(CC)C(=O)CC(CN)N1CCOC(C)C1. The van der Waals surface area contributed by atoms with Crippen molar-refractivity contribution in [2.75, 3.05) is 39.3 Å². The molecule has 0 aromatic heterocycles. The summed E-state index contributed by atoms with van der Waals surface area (Å²) in [5.41, 5.74) is 5.83. The number of nitrogens with zero attached hydrogens (tertiary/aromatic N) is 2. The molecule has 1 heterocycles. The lowest BCUT2D eigenvalue weighted by molar-refractivity contribution is -0.133. The molecule has 0 spiro atoms. The molecule has 1 fully saturated rings. The molecule has 1 saturated heterocycles. The van der Waals surface area contributed by atoms with Gasteiger partial charge in [-0.05, 0) is 20.8 Å². The van der Waals surface area contributed by atoms with Crippen LogP contribution in [0.2, 0.25) is 0 Å². The van der Waals surface area contributed by atoms with Crippen molar-refractivity contribution in [1.82, 2.24) is 9.80 Å². The normalized spacial score (nSPS) is 22.8. The number of rotatable bonds is 6. The highest BCUT2D eigenvalue weighted by molar-refractivity contribution is 5.76. The van der Waals surface area contributed by atoms with Gasteiger partial charge in [-0.1, -0.05) is 0 Å². The molecule has 5 heteroatoms. The Kier molecular flexibility index (Phi) is 6.60. The number of hydrogen-bond donors (Lipinski definition) is 1. The maximum Gasteiger partial charge on any atom is 0.224 e. The van der Waals surface area contributed by atoms with Gasteiger partial charge in [-0.15, -0.1) is 0 Å². The van der Waals surface area contributed by atoms with Crippen molar-refractivity contribution in [3.8, 4) is 0 Å². The summed E-state index contributed by atoms with van der Waals surface area (Å²) in [5, 5.41) is 0. The van der Waals surface area contributed by atoms with Gasteiger partial charge in [0.25, 0.3) is 0 Å². The molecule has 1 amide bonds. The Hall–Kier alpha value is -0.650. The Balaban J connectivity index is 2.52. The molecule has 0 radical (unpaired) electrons. The zero-order valence-electron chi connectivity index (χ0n) is 11.9. The Labute approximate surface area is 110 Å². The van der Waals surface area contributed by atoms with E-state index in [4.69, 9.17) is 10.5 Å². The monoisotopic (exact) mass is 257 g/mol. The lowest BCUT2D eigenvalue weighted by Gasteiger charge is -2.37. The van der Waals surface area contributed by atoms with E-state index in [0.717, 1.165) is 32.8 Å². The highest BCUT2D eigenvalue weighted by atomic mass is 16.5. The van der Waals surface area contributed by atoms with Crippen molar-refractivity contribution in [2.45, 2.75) is 39.3 Å². The minimum atomic E-state index is 0.143. The van der Waals surface area contributed by atoms with E-state index in [-0.39, 0.29) is 18.1 Å². The zero-order chi connectivity index (χ0) is 13.5. The van der Waals surface area contributed by atoms with Crippen LogP contribution in [0.1, 0.15) is 27.2 Å². The number of nitrogens with two attached hydrogens (primary N) is 1. The molecule has 0 aromatic carbocycles. The van der Waals surface area contributed by atoms with Gasteiger partial charge in [0.05, 0.1) is 12.7 Å². The first-order valence-electron chi connectivity index (χ1n) is 6.95. The topological polar surface area (TPSA) is 58.8 Å². The molecule has 18 heavy (non-hydrogen) atoms. The molecule has 2 atom stereocenters. The van der Waals surface area contributed by atoms with Gasteiger partial charge in [-0.2, -0.15) is 0 Å². The number of amides is 1. The van der Waals surface area contributed by atoms with Crippen LogP contribution in [0, 0.1) is 0 Å². The predicted octanol–water partition coefficient (Wildman–Crippen LogP) is 0.293. The number of ether oxygens (including phenoxy) is 1. The van der Waals surface area contributed by atoms with Gasteiger partial charge >= 0.3 is 0 Å². The van der Waals surface area contributed by atoms with E-state index in [1.807, 2.05) is 18.7 Å². The first-order valence-corrected chi connectivity index (χ1v) is 6.95. The van der Waals surface area contributed by atoms with Crippen LogP contribution in [0.25, 0.3) is 0 Å². The minimum Gasteiger partial charge on any atom is -0.376 e. The summed E-state index contributed by atoms with van der Waals surface area (Å²) in [6.07, 6.45) is 0.751. The third kappa shape index (κ3) is 4.23. The second-order valence-corrected chi connectivity index (χ2v) is 4.84. The summed E-state index contributed by atoms with van der Waals surface area (Å²) < 4.78 is 5.52. The lowest BCUT2D eigenvalue weighted by Crippen LogP contribution is -2.51. The number of hydrogen-bond acceptors (Lipinski definition) is 4. The van der Waals surface area contributed by atoms with Gasteiger partial charge < -0.3 is 15.4 Å². The fourth-order valence-corrected chi connectivity index (χ4v) is 2.45. The van der Waals surface area contributed by atoms with Gasteiger partial charge in [0.1, 0.15) is 0 Å². The molecule has 0 bridgehead atoms. The second-order valence-electron chi connectivity index (χ2n) is 4.84. The van der Waals surface area contributed by atoms with E-state index in [2.05, 4.69) is 11.8 Å². The smallest absolute Gasteiger partial charge is 0.224 e. The number of carbonyl (C=O) groups is 1. The van der Waals surface area contributed by atoms with E-state index >= 15 is 0 Å². The van der Waals surface area contributed by atoms with Crippen LogP contribution in [0.3, 0.4) is 0 Å². The standard InChI is InChI=1S/C13H27N3O2/c1-4-15(5-2)13(17)8-12(9-14)16-6-7-18-11(3)10-16/h11-12H,4-10,14H2,1-3H3. The molecule has 0 saturated carbocycles. The van der Waals surface area contributed by atoms with Gasteiger partial charge in [0.15, 0.2) is 0 Å². The predicted molar refractivity (Wildman–Crippen MR) is 72.4 cm³/mol. The molecule has 1 aliphatic heterocycles. The van der Waals surface area contributed by atoms with E-state index in [1.165, 1.54) is 0 Å². The van der Waals surface area contributed by atoms with Crippen LogP contribution in [0.5, 0.6) is 0 Å². The average molecular weight is 257 g/mol. The van der Waals surface area contributed by atoms with Gasteiger partial charge in [0, 0.05) is 45.2 Å². The van der Waals surface area contributed by atoms with Crippen LogP contribution >= 0.6 is 0 Å². The summed E-state index contributed by atoms with van der Waals surface area (Å²) in [6, 6.07) is 0.143. The Bertz CT molecular complexity index is 257. The van der Waals surface area contributed by atoms with Gasteiger partial charge in [-0.3, -0.25) is 9.69 Å². The van der Waals surface area contributed by atoms with Crippen molar-refractivity contribution < 1.29 is 9.53 Å². The van der Waals surface area contributed by atoms with Crippen LogP contribution in [0.15, 0.2) is 0 Å².